The smallest absolute Gasteiger partial charge is 0.408 e. The summed E-state index contributed by atoms with van der Waals surface area (Å²) >= 11 is 0. The van der Waals surface area contributed by atoms with Crippen LogP contribution in [0.3, 0.4) is 0 Å². The van der Waals surface area contributed by atoms with Gasteiger partial charge in [0.1, 0.15) is 11.4 Å². The second-order valence-corrected chi connectivity index (χ2v) is 14.2. The van der Waals surface area contributed by atoms with Gasteiger partial charge in [0.25, 0.3) is 0 Å². The Morgan fingerprint density at radius 2 is 1.54 bits per heavy atom. The number of rotatable bonds is 6. The maximum Gasteiger partial charge on any atom is 0.408 e. The minimum absolute atomic E-state index is 0.343. The van der Waals surface area contributed by atoms with Gasteiger partial charge >= 0.3 is 12.1 Å². The van der Waals surface area contributed by atoms with Gasteiger partial charge in [0.2, 0.25) is 0 Å². The van der Waals surface area contributed by atoms with Gasteiger partial charge in [-0.3, -0.25) is 4.57 Å². The number of hydrogen-bond acceptors (Lipinski definition) is 6. The fourth-order valence-electron chi connectivity index (χ4n) is 6.91. The fraction of sp³-hybridized carbons (Fsp3) is 0.190. The van der Waals surface area contributed by atoms with Crippen LogP contribution in [0.5, 0.6) is 0 Å². The molecule has 0 saturated heterocycles. The first kappa shape index (κ1) is 32.8. The summed E-state index contributed by atoms with van der Waals surface area (Å²) in [6.45, 7) is 5.61. The Morgan fingerprint density at radius 3 is 2.29 bits per heavy atom. The molecule has 1 fully saturated rings. The van der Waals surface area contributed by atoms with Crippen molar-refractivity contribution in [3.8, 4) is 39.6 Å². The van der Waals surface area contributed by atoms with E-state index in [-0.39, 0.29) is 6.03 Å². The number of urea groups is 1. The van der Waals surface area contributed by atoms with Crippen LogP contribution in [0.25, 0.3) is 39.6 Å². The van der Waals surface area contributed by atoms with Crippen molar-refractivity contribution in [1.82, 2.24) is 19.9 Å². The van der Waals surface area contributed by atoms with E-state index in [1.807, 2.05) is 106 Å². The molecule has 1 aliphatic carbocycles. The molecule has 8 rings (SSSR count). The highest BCUT2D eigenvalue weighted by Gasteiger charge is 2.41. The number of amides is 3. The van der Waals surface area contributed by atoms with E-state index in [1.54, 1.807) is 6.20 Å². The van der Waals surface area contributed by atoms with Gasteiger partial charge in [0.15, 0.2) is 5.82 Å². The molecule has 0 atom stereocenters. The van der Waals surface area contributed by atoms with Gasteiger partial charge in [-0.2, -0.15) is 0 Å². The van der Waals surface area contributed by atoms with Crippen LogP contribution in [-0.2, 0) is 10.3 Å². The zero-order valence-electron chi connectivity index (χ0n) is 29.2. The number of nitrogens with zero attached hydrogens (tertiary/aromatic N) is 3. The molecule has 1 aliphatic heterocycles. The number of carbonyl (C=O) groups excluding carboxylic acids is 2. The summed E-state index contributed by atoms with van der Waals surface area (Å²) in [5, 5.41) is 12.6. The second kappa shape index (κ2) is 13.0. The highest BCUT2D eigenvalue weighted by molar-refractivity contribution is 6.00. The van der Waals surface area contributed by atoms with Crippen LogP contribution in [-0.4, -0.2) is 32.3 Å². The van der Waals surface area contributed by atoms with Gasteiger partial charge in [0, 0.05) is 34.3 Å². The molecule has 0 bridgehead atoms. The summed E-state index contributed by atoms with van der Waals surface area (Å²) in [5.41, 5.74) is 7.31. The Bertz CT molecular complexity index is 2290. The van der Waals surface area contributed by atoms with Gasteiger partial charge in [-0.15, -0.1) is 0 Å². The Hall–Kier alpha value is -6.42. The van der Waals surface area contributed by atoms with Crippen LogP contribution in [0.4, 0.5) is 32.5 Å². The highest BCUT2D eigenvalue weighted by Crippen LogP contribution is 2.46. The lowest BCUT2D eigenvalue weighted by molar-refractivity contribution is 0.0377. The molecule has 52 heavy (non-hydrogen) atoms. The average Bonchev–Trinajstić information content (AvgIpc) is 3.44. The number of alkyl carbamates (subject to hydrolysis) is 1. The number of hydrogen-bond donors (Lipinski definition) is 4. The van der Waals surface area contributed by atoms with E-state index in [9.17, 15) is 9.59 Å². The quantitative estimate of drug-likeness (QED) is 0.138. The SMILES string of the molecule is CC(C)(C)OC(=O)NC1(c2ccc(-c3c(-c4cccc(NC(=O)Nc5ccccc5)c4)nc4n3-c3cccnc3Nc3ccccc3-4)cc2)CCC1. The minimum Gasteiger partial charge on any atom is -0.444 e. The van der Waals surface area contributed by atoms with E-state index in [4.69, 9.17) is 14.7 Å². The predicted molar refractivity (Wildman–Crippen MR) is 205 cm³/mol. The standard InChI is InChI=1S/C42H39N7O3/c1-41(2,3)52-40(51)48-42(23-11-24-42)29-21-19-27(20-22-29)36-35(28-12-9-15-31(26-28)45-39(50)44-30-13-5-4-6-14-30)47-38-32-16-7-8-17-33(32)46-37-34(49(36)38)18-10-25-43-37/h4-10,12-22,25-26H,11,23-24H2,1-3H3,(H,43,46)(H,48,51)(H2,44,45,50). The van der Waals surface area contributed by atoms with E-state index in [0.717, 1.165) is 70.1 Å². The van der Waals surface area contributed by atoms with Gasteiger partial charge in [-0.05, 0) is 94.1 Å². The summed E-state index contributed by atoms with van der Waals surface area (Å²) in [6.07, 6.45) is 4.04. The van der Waals surface area contributed by atoms with Gasteiger partial charge in [-0.25, -0.2) is 19.6 Å². The molecule has 4 aromatic carbocycles. The normalized spacial score (nSPS) is 13.9. The first-order chi connectivity index (χ1) is 25.2. The van der Waals surface area contributed by atoms with Crippen molar-refractivity contribution in [1.29, 1.82) is 0 Å². The first-order valence-electron chi connectivity index (χ1n) is 17.5. The second-order valence-electron chi connectivity index (χ2n) is 14.2. The van der Waals surface area contributed by atoms with Gasteiger partial charge < -0.3 is 26.0 Å². The van der Waals surface area contributed by atoms with Crippen molar-refractivity contribution in [2.45, 2.75) is 51.2 Å². The molecule has 3 amide bonds. The van der Waals surface area contributed by atoms with E-state index < -0.39 is 17.2 Å². The lowest BCUT2D eigenvalue weighted by Crippen LogP contribution is -2.52. The number of anilines is 4. The molecule has 2 aromatic heterocycles. The van der Waals surface area contributed by atoms with Crippen LogP contribution in [0, 0.1) is 0 Å². The van der Waals surface area contributed by atoms with Crippen LogP contribution in [0.2, 0.25) is 0 Å². The van der Waals surface area contributed by atoms with Crippen molar-refractivity contribution in [3.05, 3.63) is 127 Å². The predicted octanol–water partition coefficient (Wildman–Crippen LogP) is 9.87. The molecule has 0 radical (unpaired) electrons. The third-order valence-electron chi connectivity index (χ3n) is 9.41. The third-order valence-corrected chi connectivity index (χ3v) is 9.41. The van der Waals surface area contributed by atoms with Crippen LogP contribution >= 0.6 is 0 Å². The number of pyridine rings is 1. The summed E-state index contributed by atoms with van der Waals surface area (Å²) in [6, 6.07) is 37.1. The molecule has 6 aromatic rings. The molecule has 3 heterocycles. The fourth-order valence-corrected chi connectivity index (χ4v) is 6.91. The van der Waals surface area contributed by atoms with Gasteiger partial charge in [0.05, 0.1) is 28.3 Å². The van der Waals surface area contributed by atoms with E-state index in [0.29, 0.717) is 17.2 Å². The molecule has 0 spiro atoms. The van der Waals surface area contributed by atoms with Gasteiger partial charge in [-0.1, -0.05) is 66.7 Å². The van der Waals surface area contributed by atoms with E-state index in [1.165, 1.54) is 0 Å². The monoisotopic (exact) mass is 689 g/mol. The number of benzene rings is 4. The molecule has 1 saturated carbocycles. The maximum atomic E-state index is 13.0. The minimum atomic E-state index is -0.591. The van der Waals surface area contributed by atoms with Crippen molar-refractivity contribution >= 4 is 35.0 Å². The average molecular weight is 690 g/mol. The highest BCUT2D eigenvalue weighted by atomic mass is 16.6. The Labute approximate surface area is 302 Å². The topological polar surface area (TPSA) is 122 Å². The molecule has 0 unspecified atom stereocenters. The molecule has 10 heteroatoms. The number of ether oxygens (including phenoxy) is 1. The summed E-state index contributed by atoms with van der Waals surface area (Å²) in [7, 11) is 0. The number of fused-ring (bicyclic) bond motifs is 5. The van der Waals surface area contributed by atoms with Crippen molar-refractivity contribution in [2.24, 2.45) is 0 Å². The zero-order valence-corrected chi connectivity index (χ0v) is 29.2. The molecular weight excluding hydrogens is 651 g/mol. The molecule has 260 valence electrons. The van der Waals surface area contributed by atoms with Crippen molar-refractivity contribution in [2.75, 3.05) is 16.0 Å². The number of carbonyl (C=O) groups is 2. The molecule has 2 aliphatic rings. The van der Waals surface area contributed by atoms with Crippen molar-refractivity contribution < 1.29 is 14.3 Å². The lowest BCUT2D eigenvalue weighted by Gasteiger charge is -2.43. The Balaban J connectivity index is 1.24. The van der Waals surface area contributed by atoms with Crippen molar-refractivity contribution in [3.63, 3.8) is 0 Å². The summed E-state index contributed by atoms with van der Waals surface area (Å²) < 4.78 is 7.79. The largest absolute Gasteiger partial charge is 0.444 e. The number of aromatic nitrogens is 3. The lowest BCUT2D eigenvalue weighted by atomic mass is 9.71. The van der Waals surface area contributed by atoms with Crippen LogP contribution in [0.1, 0.15) is 45.6 Å². The van der Waals surface area contributed by atoms with Crippen LogP contribution in [0.15, 0.2) is 121 Å². The number of nitrogens with one attached hydrogen (secondary N) is 4. The Morgan fingerprint density at radius 1 is 0.808 bits per heavy atom. The first-order valence-corrected chi connectivity index (χ1v) is 17.5. The number of para-hydroxylation sites is 2. The summed E-state index contributed by atoms with van der Waals surface area (Å²) in [5.74, 6) is 1.46. The maximum absolute atomic E-state index is 13.0. The molecular formula is C42H39N7O3. The summed E-state index contributed by atoms with van der Waals surface area (Å²) in [4.78, 5) is 36.0. The van der Waals surface area contributed by atoms with Crippen LogP contribution < -0.4 is 21.3 Å². The van der Waals surface area contributed by atoms with E-state index >= 15 is 0 Å². The zero-order chi connectivity index (χ0) is 35.9. The molecule has 10 nitrogen and oxygen atoms in total. The number of imidazole rings is 1. The third kappa shape index (κ3) is 6.35. The molecule has 4 N–H and O–H groups in total. The van der Waals surface area contributed by atoms with E-state index in [2.05, 4.69) is 56.2 Å². The Kier molecular flexibility index (Phi) is 8.22.